The Morgan fingerprint density at radius 2 is 1.67 bits per heavy atom. The van der Waals surface area contributed by atoms with E-state index in [0.29, 0.717) is 5.57 Å². The molecule has 2 nitrogen and oxygen atoms in total. The molecule has 0 rings (SSSR count). The Labute approximate surface area is 55.5 Å². The predicted octanol–water partition coefficient (Wildman–Crippen LogP) is 1.52. The quantitative estimate of drug-likeness (QED) is 0.395. The lowest BCUT2D eigenvalue weighted by Gasteiger charge is -1.98. The van der Waals surface area contributed by atoms with E-state index in [4.69, 9.17) is 0 Å². The van der Waals surface area contributed by atoms with E-state index >= 15 is 0 Å². The first-order valence-corrected chi connectivity index (χ1v) is 2.82. The largest absolute Gasteiger partial charge is 0.466 e. The first-order valence-electron chi connectivity index (χ1n) is 2.82. The van der Waals surface area contributed by atoms with Crippen molar-refractivity contribution in [3.63, 3.8) is 0 Å². The fourth-order valence-electron chi connectivity index (χ4n) is 0.357. The van der Waals surface area contributed by atoms with E-state index in [9.17, 15) is 4.79 Å². The van der Waals surface area contributed by atoms with Crippen LogP contribution in [-0.2, 0) is 9.53 Å². The van der Waals surface area contributed by atoms with Crippen molar-refractivity contribution >= 4 is 5.97 Å². The molecule has 0 saturated heterocycles. The number of esters is 1. The smallest absolute Gasteiger partial charge is 0.333 e. The number of allylic oxidation sites excluding steroid dienone is 1. The summed E-state index contributed by atoms with van der Waals surface area (Å²) in [6, 6.07) is 0. The van der Waals surface area contributed by atoms with E-state index < -0.39 is 0 Å². The summed E-state index contributed by atoms with van der Waals surface area (Å²) < 4.78 is 4.48. The van der Waals surface area contributed by atoms with Crippen molar-refractivity contribution < 1.29 is 9.53 Å². The normalized spacial score (nSPS) is 8.44. The highest BCUT2D eigenvalue weighted by atomic mass is 16.5. The fourth-order valence-corrected chi connectivity index (χ4v) is 0.357. The van der Waals surface area contributed by atoms with Crippen molar-refractivity contribution in [1.29, 1.82) is 0 Å². The van der Waals surface area contributed by atoms with Crippen molar-refractivity contribution in [2.45, 2.75) is 20.8 Å². The summed E-state index contributed by atoms with van der Waals surface area (Å²) in [6.07, 6.45) is 0. The Morgan fingerprint density at radius 1 is 1.22 bits per heavy atom. The molecule has 0 fully saturated rings. The molecule has 0 amide bonds. The van der Waals surface area contributed by atoms with Gasteiger partial charge in [0.25, 0.3) is 0 Å². The Balaban J connectivity index is 4.21. The minimum Gasteiger partial charge on any atom is -0.466 e. The summed E-state index contributed by atoms with van der Waals surface area (Å²) >= 11 is 0. The maximum Gasteiger partial charge on any atom is 0.333 e. The van der Waals surface area contributed by atoms with Gasteiger partial charge in [0.15, 0.2) is 0 Å². The number of ether oxygens (including phenoxy) is 1. The Hall–Kier alpha value is -0.790. The molecule has 52 valence electrons. The van der Waals surface area contributed by atoms with E-state index in [1.54, 1.807) is 6.92 Å². The Bertz CT molecular complexity index is 141. The molecule has 0 aromatic heterocycles. The van der Waals surface area contributed by atoms with Gasteiger partial charge in [0, 0.05) is 5.57 Å². The van der Waals surface area contributed by atoms with E-state index in [2.05, 4.69) is 4.74 Å². The molecule has 0 saturated carbocycles. The Morgan fingerprint density at radius 3 is 1.78 bits per heavy atom. The zero-order chi connectivity index (χ0) is 7.44. The van der Waals surface area contributed by atoms with Crippen molar-refractivity contribution in [1.82, 2.24) is 0 Å². The predicted molar refractivity (Wildman–Crippen MR) is 36.1 cm³/mol. The van der Waals surface area contributed by atoms with Gasteiger partial charge in [-0.05, 0) is 20.8 Å². The van der Waals surface area contributed by atoms with Crippen LogP contribution in [0.4, 0.5) is 0 Å². The van der Waals surface area contributed by atoms with E-state index in [-0.39, 0.29) is 5.97 Å². The first kappa shape index (κ1) is 8.21. The lowest BCUT2D eigenvalue weighted by atomic mass is 10.2. The lowest BCUT2D eigenvalue weighted by molar-refractivity contribution is -0.136. The summed E-state index contributed by atoms with van der Waals surface area (Å²) in [7, 11) is 1.38. The van der Waals surface area contributed by atoms with Crippen molar-refractivity contribution in [3.8, 4) is 0 Å². The summed E-state index contributed by atoms with van der Waals surface area (Å²) in [5, 5.41) is 0. The highest BCUT2D eigenvalue weighted by Gasteiger charge is 2.02. The van der Waals surface area contributed by atoms with Gasteiger partial charge in [-0.3, -0.25) is 0 Å². The number of methoxy groups -OCH3 is 1. The molecule has 0 aliphatic heterocycles. The topological polar surface area (TPSA) is 26.3 Å². The lowest BCUT2D eigenvalue weighted by Crippen LogP contribution is -2.02. The molecular formula is C7H12O2. The number of rotatable bonds is 1. The Kier molecular flexibility index (Phi) is 2.99. The molecule has 0 N–H and O–H groups in total. The number of carbonyl (C=O) groups excluding carboxylic acids is 1. The molecule has 0 aliphatic rings. The summed E-state index contributed by atoms with van der Waals surface area (Å²) in [5.41, 5.74) is 1.69. The van der Waals surface area contributed by atoms with E-state index in [0.717, 1.165) is 5.57 Å². The van der Waals surface area contributed by atoms with Crippen LogP contribution in [0.2, 0.25) is 0 Å². The van der Waals surface area contributed by atoms with Crippen LogP contribution in [-0.4, -0.2) is 13.1 Å². The molecule has 0 spiro atoms. The summed E-state index contributed by atoms with van der Waals surface area (Å²) in [5.74, 6) is -0.241. The zero-order valence-corrected chi connectivity index (χ0v) is 6.32. The number of carbonyl (C=O) groups is 1. The molecule has 9 heavy (non-hydrogen) atoms. The van der Waals surface area contributed by atoms with Gasteiger partial charge in [0.05, 0.1) is 7.11 Å². The van der Waals surface area contributed by atoms with Crippen molar-refractivity contribution in [2.75, 3.05) is 7.11 Å². The van der Waals surface area contributed by atoms with Crippen LogP contribution in [0.25, 0.3) is 0 Å². The molecule has 0 atom stereocenters. The maximum atomic E-state index is 10.7. The van der Waals surface area contributed by atoms with Crippen LogP contribution in [0.5, 0.6) is 0 Å². The van der Waals surface area contributed by atoms with Gasteiger partial charge in [-0.25, -0.2) is 4.79 Å². The van der Waals surface area contributed by atoms with Crippen LogP contribution in [0, 0.1) is 0 Å². The van der Waals surface area contributed by atoms with E-state index in [1.807, 2.05) is 13.8 Å². The molecule has 0 unspecified atom stereocenters. The van der Waals surface area contributed by atoms with Gasteiger partial charge < -0.3 is 4.74 Å². The molecule has 2 heteroatoms. The van der Waals surface area contributed by atoms with Gasteiger partial charge in [-0.15, -0.1) is 0 Å². The van der Waals surface area contributed by atoms with E-state index in [1.165, 1.54) is 7.11 Å². The second kappa shape index (κ2) is 3.28. The monoisotopic (exact) mass is 128 g/mol. The molecule has 0 bridgehead atoms. The molecule has 0 aromatic rings. The van der Waals surface area contributed by atoms with Gasteiger partial charge >= 0.3 is 5.97 Å². The zero-order valence-electron chi connectivity index (χ0n) is 6.32. The molecule has 0 aliphatic carbocycles. The summed E-state index contributed by atoms with van der Waals surface area (Å²) in [6.45, 7) is 5.51. The summed E-state index contributed by atoms with van der Waals surface area (Å²) in [4.78, 5) is 10.7. The molecule has 0 aromatic carbocycles. The van der Waals surface area contributed by atoms with Crippen molar-refractivity contribution in [2.24, 2.45) is 0 Å². The van der Waals surface area contributed by atoms with Gasteiger partial charge in [-0.2, -0.15) is 0 Å². The average Bonchev–Trinajstić information content (AvgIpc) is 1.84. The van der Waals surface area contributed by atoms with Crippen LogP contribution in [0.3, 0.4) is 0 Å². The fraction of sp³-hybridized carbons (Fsp3) is 0.571. The maximum absolute atomic E-state index is 10.7. The number of hydrogen-bond acceptors (Lipinski definition) is 2. The van der Waals surface area contributed by atoms with Crippen LogP contribution in [0.1, 0.15) is 20.8 Å². The van der Waals surface area contributed by atoms with Crippen LogP contribution >= 0.6 is 0 Å². The highest BCUT2D eigenvalue weighted by Crippen LogP contribution is 2.02. The second-order valence-corrected chi connectivity index (χ2v) is 2.12. The first-order chi connectivity index (χ1) is 4.09. The van der Waals surface area contributed by atoms with Gasteiger partial charge in [0.2, 0.25) is 0 Å². The third kappa shape index (κ3) is 2.31. The van der Waals surface area contributed by atoms with Gasteiger partial charge in [0.1, 0.15) is 0 Å². The molecule has 0 radical (unpaired) electrons. The average molecular weight is 128 g/mol. The van der Waals surface area contributed by atoms with Gasteiger partial charge in [-0.1, -0.05) is 5.57 Å². The van der Waals surface area contributed by atoms with Crippen LogP contribution in [0.15, 0.2) is 11.1 Å². The molecular weight excluding hydrogens is 116 g/mol. The third-order valence-corrected chi connectivity index (χ3v) is 1.24. The highest BCUT2D eigenvalue weighted by molar-refractivity contribution is 5.88. The SMILES string of the molecule is COC(=O)C(C)=C(C)C. The standard InChI is InChI=1S/C7H12O2/c1-5(2)6(3)7(8)9-4/h1-4H3. The third-order valence-electron chi connectivity index (χ3n) is 1.24. The van der Waals surface area contributed by atoms with Crippen molar-refractivity contribution in [3.05, 3.63) is 11.1 Å². The van der Waals surface area contributed by atoms with Crippen LogP contribution < -0.4 is 0 Å². The minimum absolute atomic E-state index is 0.241. The molecule has 0 heterocycles. The number of hydrogen-bond donors (Lipinski definition) is 0. The minimum atomic E-state index is -0.241. The second-order valence-electron chi connectivity index (χ2n) is 2.12.